The molecular formula is C123H152O16Si2. The minimum Gasteiger partial charge on any atom is -0.465 e. The summed E-state index contributed by atoms with van der Waals surface area (Å²) in [4.78, 5) is 100. The summed E-state index contributed by atoms with van der Waals surface area (Å²) in [6, 6.07) is 45.7. The molecule has 0 amide bonds. The molecule has 0 bridgehead atoms. The van der Waals surface area contributed by atoms with E-state index in [2.05, 4.69) is 181 Å². The van der Waals surface area contributed by atoms with Crippen LogP contribution >= 0.6 is 0 Å². The molecule has 18 heteroatoms. The maximum Gasteiger partial charge on any atom is 0.339 e. The van der Waals surface area contributed by atoms with E-state index in [0.29, 0.717) is 170 Å². The van der Waals surface area contributed by atoms with Crippen LogP contribution in [0.2, 0.25) is 39.3 Å². The molecule has 0 unspecified atom stereocenters. The SMILES string of the molecule is C#CC1(OC(=O)c2ccc(OC(=O)C3CCC(C(=O)OCCCCCOC(=O)C=C)CC3)cc2)CCC(C2CCC(CCCC)CC2)CC1.C=CC(=O)OCCCCCOC(=O)C1CCC(C(=O)Oc2ccc(C(=O)OC3(C#Cc4ccc(C#Cc5ccc(C#C[Si](C)(C)C)cc5)cc4)CCC(C4CCC(CCCC)CC4)CC3)cc2)CC1.CC(C)c1ccc(C#Cc2ccc(C#C[Si](C)(C)C)cc2)cc1. The summed E-state index contributed by atoms with van der Waals surface area (Å²) in [7, 11) is -2.76. The lowest BCUT2D eigenvalue weighted by molar-refractivity contribution is -0.152. The van der Waals surface area contributed by atoms with E-state index in [1.54, 1.807) is 48.5 Å². The van der Waals surface area contributed by atoms with Crippen molar-refractivity contribution >= 4 is 63.9 Å². The van der Waals surface area contributed by atoms with Gasteiger partial charge in [0, 0.05) is 51.1 Å². The third-order valence-electron chi connectivity index (χ3n) is 28.4. The van der Waals surface area contributed by atoms with Gasteiger partial charge >= 0.3 is 47.8 Å². The van der Waals surface area contributed by atoms with E-state index in [4.69, 9.17) is 44.3 Å². The normalized spacial score (nSPS) is 21.9. The second-order valence-corrected chi connectivity index (χ2v) is 51.4. The average molecular weight is 1940 g/mol. The quantitative estimate of drug-likeness (QED) is 0.00713. The third-order valence-corrected chi connectivity index (χ3v) is 30.1. The lowest BCUT2D eigenvalue weighted by Gasteiger charge is -2.41. The van der Waals surface area contributed by atoms with Gasteiger partial charge in [-0.2, -0.15) is 0 Å². The molecule has 0 saturated heterocycles. The molecule has 0 radical (unpaired) electrons. The number of hydrogen-bond acceptors (Lipinski definition) is 16. The number of ether oxygens (including phenoxy) is 8. The zero-order valence-corrected chi connectivity index (χ0v) is 87.7. The molecule has 0 spiro atoms. The summed E-state index contributed by atoms with van der Waals surface area (Å²) in [5, 5.41) is 0. The summed E-state index contributed by atoms with van der Waals surface area (Å²) in [5.41, 5.74) is 13.9. The lowest BCUT2D eigenvalue weighted by atomic mass is 9.67. The van der Waals surface area contributed by atoms with Crippen LogP contribution in [-0.4, -0.2) is 102 Å². The van der Waals surface area contributed by atoms with Crippen molar-refractivity contribution in [2.24, 2.45) is 59.2 Å². The van der Waals surface area contributed by atoms with Gasteiger partial charge in [-0.15, -0.1) is 17.5 Å². The molecular weight excluding hydrogens is 1790 g/mol. The molecule has 6 fully saturated rings. The fraction of sp³-hybridized carbons (Fsp3) is 0.512. The highest BCUT2D eigenvalue weighted by molar-refractivity contribution is 6.84. The summed E-state index contributed by atoms with van der Waals surface area (Å²) in [5.74, 6) is 31.0. The number of hydrogen-bond donors (Lipinski definition) is 0. The Morgan fingerprint density at radius 3 is 0.957 bits per heavy atom. The minimum absolute atomic E-state index is 0.223. The number of unbranched alkanes of at least 4 members (excludes halogenated alkanes) is 6. The number of benzene rings is 6. The maximum atomic E-state index is 13.9. The van der Waals surface area contributed by atoms with Gasteiger partial charge in [0.15, 0.2) is 11.2 Å². The van der Waals surface area contributed by atoms with Crippen LogP contribution in [-0.2, 0) is 57.2 Å². The smallest absolute Gasteiger partial charge is 0.339 e. The van der Waals surface area contributed by atoms with Gasteiger partial charge < -0.3 is 37.9 Å². The van der Waals surface area contributed by atoms with Crippen molar-refractivity contribution < 1.29 is 76.3 Å². The Bertz CT molecular complexity index is 5420. The molecule has 12 rings (SSSR count). The first kappa shape index (κ1) is 111. The van der Waals surface area contributed by atoms with Crippen molar-refractivity contribution in [1.82, 2.24) is 0 Å². The fourth-order valence-electron chi connectivity index (χ4n) is 19.5. The van der Waals surface area contributed by atoms with Crippen LogP contribution in [0.3, 0.4) is 0 Å². The van der Waals surface area contributed by atoms with E-state index in [9.17, 15) is 38.4 Å². The Morgan fingerprint density at radius 2 is 0.645 bits per heavy atom. The number of carbonyl (C=O) groups excluding carboxylic acids is 8. The molecule has 748 valence electrons. The van der Waals surface area contributed by atoms with Gasteiger partial charge in [0.2, 0.25) is 0 Å². The van der Waals surface area contributed by atoms with Crippen molar-refractivity contribution in [3.8, 4) is 82.3 Å². The first-order chi connectivity index (χ1) is 67.9. The lowest BCUT2D eigenvalue weighted by Crippen LogP contribution is -2.39. The van der Waals surface area contributed by atoms with E-state index >= 15 is 0 Å². The molecule has 6 aromatic rings. The molecule has 0 atom stereocenters. The number of esters is 8. The van der Waals surface area contributed by atoms with Crippen LogP contribution in [0.5, 0.6) is 11.5 Å². The second kappa shape index (κ2) is 57.5. The van der Waals surface area contributed by atoms with Crippen LogP contribution in [0.1, 0.15) is 330 Å². The van der Waals surface area contributed by atoms with Crippen molar-refractivity contribution in [3.05, 3.63) is 227 Å². The molecule has 0 N–H and O–H groups in total. The first-order valence-electron chi connectivity index (χ1n) is 52.4. The molecule has 0 heterocycles. The van der Waals surface area contributed by atoms with Gasteiger partial charge in [0.05, 0.1) is 61.2 Å². The predicted octanol–water partition coefficient (Wildman–Crippen LogP) is 26.6. The number of terminal acetylenes is 1. The van der Waals surface area contributed by atoms with Gasteiger partial charge in [-0.25, -0.2) is 19.2 Å². The van der Waals surface area contributed by atoms with Crippen molar-refractivity contribution in [3.63, 3.8) is 0 Å². The topological polar surface area (TPSA) is 210 Å². The number of carbonyl (C=O) groups is 8. The van der Waals surface area contributed by atoms with Crippen molar-refractivity contribution in [1.29, 1.82) is 0 Å². The van der Waals surface area contributed by atoms with Crippen LogP contribution < -0.4 is 9.47 Å². The molecule has 6 aromatic carbocycles. The summed E-state index contributed by atoms with van der Waals surface area (Å²) >= 11 is 0. The Balaban J connectivity index is 0.000000245. The number of rotatable bonds is 33. The molecule has 6 aliphatic carbocycles. The molecule has 141 heavy (non-hydrogen) atoms. The van der Waals surface area contributed by atoms with Crippen molar-refractivity contribution in [2.45, 2.75) is 315 Å². The van der Waals surface area contributed by atoms with Crippen LogP contribution in [0.15, 0.2) is 171 Å². The fourth-order valence-corrected chi connectivity index (χ4v) is 20.6. The highest BCUT2D eigenvalue weighted by Gasteiger charge is 2.43. The second-order valence-electron chi connectivity index (χ2n) is 41.9. The zero-order valence-electron chi connectivity index (χ0n) is 85.7. The van der Waals surface area contributed by atoms with E-state index in [1.165, 1.54) is 95.5 Å². The third kappa shape index (κ3) is 39.0. The van der Waals surface area contributed by atoms with E-state index in [0.717, 1.165) is 113 Å². The van der Waals surface area contributed by atoms with Crippen LogP contribution in [0.25, 0.3) is 0 Å². The molecule has 16 nitrogen and oxygen atoms in total. The van der Waals surface area contributed by atoms with E-state index < -0.39 is 51.2 Å². The Kier molecular flexibility index (Phi) is 45.4. The summed E-state index contributed by atoms with van der Waals surface area (Å²) in [6.45, 7) is 30.4. The summed E-state index contributed by atoms with van der Waals surface area (Å²) < 4.78 is 44.6. The molecule has 6 saturated carbocycles. The Hall–Kier alpha value is -11.6. The molecule has 0 aromatic heterocycles. The van der Waals surface area contributed by atoms with Gasteiger partial charge in [-0.1, -0.05) is 204 Å². The molecule has 6 aliphatic rings. The predicted molar refractivity (Wildman–Crippen MR) is 565 cm³/mol. The highest BCUT2D eigenvalue weighted by atomic mass is 28.3. The Morgan fingerprint density at radius 1 is 0.355 bits per heavy atom. The van der Waals surface area contributed by atoms with Gasteiger partial charge in [-0.05, 0) is 353 Å². The van der Waals surface area contributed by atoms with Crippen LogP contribution in [0.4, 0.5) is 0 Å². The summed E-state index contributed by atoms with van der Waals surface area (Å²) in [6.07, 6.45) is 42.2. The standard InChI is InChI=1S/C60H72O8Si.C41H56O8.C22H24Si/c1-6-8-12-45-23-25-50(26-24-45)51-36-40-60(41-37-51,39-35-48-19-15-46(16-20-48)13-14-47-17-21-49(22-18-47)38-44-69(3,4)5)68-59(64)54-31-33-55(34-32-54)67-58(63)53-29-27-52(28-30-53)57(62)66-43-11-9-10-42-65-56(61)7-2;1-4-7-11-30-12-14-31(15-13-30)32-24-26-41(6-3,27-25-32)49-40(45)35-20-22-36(23-21-35)48-39(44)34-18-16-33(17-19-34)38(43)47-29-10-8-9-28-46-37(42)5-2;1-18(2)22-14-12-20(13-15-22)7-6-19-8-10-21(11-9-19)16-17-23(3,4)5/h7,15-22,31-34,45,50-53H,2,6,8-12,23-30,36-37,40-43H2,1,3-5H3;3,5,20-23,30-34H,2,4,7-19,24-29H2,1H3;8-15,18H,1-5H3. The van der Waals surface area contributed by atoms with Gasteiger partial charge in [0.1, 0.15) is 27.6 Å². The Labute approximate surface area is 844 Å². The van der Waals surface area contributed by atoms with Gasteiger partial charge in [-0.3, -0.25) is 19.2 Å². The van der Waals surface area contributed by atoms with E-state index in [1.807, 2.05) is 60.7 Å². The first-order valence-corrected chi connectivity index (χ1v) is 59.4. The van der Waals surface area contributed by atoms with Crippen LogP contribution in [0, 0.1) is 130 Å². The largest absolute Gasteiger partial charge is 0.465 e. The average Bonchev–Trinajstić information content (AvgIpc) is 0.808. The molecule has 0 aliphatic heterocycles. The van der Waals surface area contributed by atoms with Gasteiger partial charge in [0.25, 0.3) is 0 Å². The minimum atomic E-state index is -1.44. The zero-order chi connectivity index (χ0) is 101. The highest BCUT2D eigenvalue weighted by Crippen LogP contribution is 2.47. The van der Waals surface area contributed by atoms with Crippen molar-refractivity contribution in [2.75, 3.05) is 26.4 Å². The van der Waals surface area contributed by atoms with E-state index in [-0.39, 0.29) is 47.5 Å². The monoisotopic (exact) mass is 1940 g/mol. The maximum absolute atomic E-state index is 13.9.